The number of anilines is 1. The fraction of sp³-hybridized carbons (Fsp3) is 0.417. The number of carbonyl (C=O) groups is 1. The Balaban J connectivity index is 2.76. The molecular weight excluding hydrogens is 207 g/mol. The lowest BCUT2D eigenvalue weighted by molar-refractivity contribution is 0.0939. The summed E-state index contributed by atoms with van der Waals surface area (Å²) in [6.07, 6.45) is 1.88. The molecule has 0 bridgehead atoms. The van der Waals surface area contributed by atoms with Crippen LogP contribution in [0.2, 0.25) is 0 Å². The molecule has 1 aromatic rings. The molecule has 3 nitrogen and oxygen atoms in total. The summed E-state index contributed by atoms with van der Waals surface area (Å²) in [6.45, 7) is 3.95. The van der Waals surface area contributed by atoms with E-state index in [2.05, 4.69) is 5.32 Å². The Morgan fingerprint density at radius 2 is 2.25 bits per heavy atom. The fourth-order valence-corrected chi connectivity index (χ4v) is 1.53. The molecule has 0 aliphatic carbocycles. The van der Waals surface area contributed by atoms with Crippen LogP contribution in [0.25, 0.3) is 0 Å². The molecule has 1 rings (SSSR count). The second kappa shape index (κ2) is 5.49. The first-order valence-corrected chi connectivity index (χ1v) is 5.40. The SMILES string of the molecule is CCCC(C)NC(=O)c1cc(F)ccc1N. The molecule has 0 aliphatic rings. The van der Waals surface area contributed by atoms with Crippen molar-refractivity contribution in [1.82, 2.24) is 5.32 Å². The van der Waals surface area contributed by atoms with Gasteiger partial charge in [0.05, 0.1) is 5.56 Å². The first-order chi connectivity index (χ1) is 7.54. The van der Waals surface area contributed by atoms with E-state index in [0.717, 1.165) is 18.9 Å². The molecule has 1 unspecified atom stereocenters. The average molecular weight is 224 g/mol. The molecule has 0 fully saturated rings. The molecule has 4 heteroatoms. The van der Waals surface area contributed by atoms with E-state index in [9.17, 15) is 9.18 Å². The van der Waals surface area contributed by atoms with Gasteiger partial charge in [-0.2, -0.15) is 0 Å². The molecule has 0 saturated heterocycles. The van der Waals surface area contributed by atoms with E-state index in [1.807, 2.05) is 13.8 Å². The van der Waals surface area contributed by atoms with E-state index in [1.54, 1.807) is 0 Å². The minimum atomic E-state index is -0.456. The summed E-state index contributed by atoms with van der Waals surface area (Å²) in [7, 11) is 0. The van der Waals surface area contributed by atoms with Crippen molar-refractivity contribution in [1.29, 1.82) is 0 Å². The third kappa shape index (κ3) is 3.22. The first-order valence-electron chi connectivity index (χ1n) is 5.40. The molecule has 0 radical (unpaired) electrons. The Labute approximate surface area is 94.8 Å². The normalized spacial score (nSPS) is 12.2. The lowest BCUT2D eigenvalue weighted by atomic mass is 10.1. The first kappa shape index (κ1) is 12.5. The Hall–Kier alpha value is -1.58. The summed E-state index contributed by atoms with van der Waals surface area (Å²) in [6, 6.07) is 3.86. The number of carbonyl (C=O) groups excluding carboxylic acids is 1. The highest BCUT2D eigenvalue weighted by Gasteiger charge is 2.12. The van der Waals surface area contributed by atoms with E-state index < -0.39 is 5.82 Å². The Morgan fingerprint density at radius 3 is 2.88 bits per heavy atom. The van der Waals surface area contributed by atoms with Gasteiger partial charge in [0, 0.05) is 11.7 Å². The molecule has 1 atom stereocenters. The molecular formula is C12H17FN2O. The predicted molar refractivity (Wildman–Crippen MR) is 62.6 cm³/mol. The van der Waals surface area contributed by atoms with Crippen LogP contribution >= 0.6 is 0 Å². The van der Waals surface area contributed by atoms with Gasteiger partial charge in [-0.3, -0.25) is 4.79 Å². The Morgan fingerprint density at radius 1 is 1.56 bits per heavy atom. The van der Waals surface area contributed by atoms with Crippen molar-refractivity contribution in [3.8, 4) is 0 Å². The number of rotatable bonds is 4. The second-order valence-electron chi connectivity index (χ2n) is 3.89. The van der Waals surface area contributed by atoms with Crippen LogP contribution in [0.1, 0.15) is 37.0 Å². The quantitative estimate of drug-likeness (QED) is 0.771. The maximum absolute atomic E-state index is 13.0. The number of amides is 1. The van der Waals surface area contributed by atoms with Gasteiger partial charge < -0.3 is 11.1 Å². The van der Waals surface area contributed by atoms with Crippen LogP contribution in [0.3, 0.4) is 0 Å². The maximum Gasteiger partial charge on any atom is 0.253 e. The topological polar surface area (TPSA) is 55.1 Å². The summed E-state index contributed by atoms with van der Waals surface area (Å²) in [4.78, 5) is 11.7. The van der Waals surface area contributed by atoms with Crippen molar-refractivity contribution in [2.75, 3.05) is 5.73 Å². The molecule has 0 aromatic heterocycles. The number of nitrogen functional groups attached to an aromatic ring is 1. The minimum absolute atomic E-state index is 0.0696. The summed E-state index contributed by atoms with van der Waals surface area (Å²) in [5.41, 5.74) is 6.10. The number of halogens is 1. The van der Waals surface area contributed by atoms with E-state index in [1.165, 1.54) is 12.1 Å². The van der Waals surface area contributed by atoms with E-state index in [-0.39, 0.29) is 17.5 Å². The highest BCUT2D eigenvalue weighted by molar-refractivity contribution is 5.99. The van der Waals surface area contributed by atoms with Gasteiger partial charge in [0.2, 0.25) is 0 Å². The maximum atomic E-state index is 13.0. The van der Waals surface area contributed by atoms with Gasteiger partial charge in [0.1, 0.15) is 5.82 Å². The van der Waals surface area contributed by atoms with Crippen LogP contribution in [-0.2, 0) is 0 Å². The molecule has 3 N–H and O–H groups in total. The molecule has 0 spiro atoms. The van der Waals surface area contributed by atoms with Crippen LogP contribution in [0.5, 0.6) is 0 Å². The van der Waals surface area contributed by atoms with Gasteiger partial charge in [0.15, 0.2) is 0 Å². The van der Waals surface area contributed by atoms with Gasteiger partial charge in [-0.15, -0.1) is 0 Å². The van der Waals surface area contributed by atoms with Crippen LogP contribution < -0.4 is 11.1 Å². The number of hydrogen-bond donors (Lipinski definition) is 2. The highest BCUT2D eigenvalue weighted by atomic mass is 19.1. The zero-order chi connectivity index (χ0) is 12.1. The molecule has 0 heterocycles. The number of nitrogens with one attached hydrogen (secondary N) is 1. The summed E-state index contributed by atoms with van der Waals surface area (Å²) >= 11 is 0. The van der Waals surface area contributed by atoms with Crippen molar-refractivity contribution >= 4 is 11.6 Å². The minimum Gasteiger partial charge on any atom is -0.398 e. The largest absolute Gasteiger partial charge is 0.398 e. The monoisotopic (exact) mass is 224 g/mol. The van der Waals surface area contributed by atoms with E-state index >= 15 is 0 Å². The van der Waals surface area contributed by atoms with E-state index in [0.29, 0.717) is 5.69 Å². The van der Waals surface area contributed by atoms with Gasteiger partial charge in [-0.1, -0.05) is 13.3 Å². The van der Waals surface area contributed by atoms with Gasteiger partial charge in [-0.25, -0.2) is 4.39 Å². The predicted octanol–water partition coefficient (Wildman–Crippen LogP) is 2.33. The molecule has 1 amide bonds. The third-order valence-corrected chi connectivity index (χ3v) is 2.36. The summed E-state index contributed by atoms with van der Waals surface area (Å²) in [5, 5.41) is 2.78. The average Bonchev–Trinajstić information content (AvgIpc) is 2.21. The lowest BCUT2D eigenvalue weighted by Crippen LogP contribution is -2.32. The van der Waals surface area contributed by atoms with Crippen LogP contribution in [0.4, 0.5) is 10.1 Å². The van der Waals surface area contributed by atoms with Crippen LogP contribution in [-0.4, -0.2) is 11.9 Å². The van der Waals surface area contributed by atoms with Crippen molar-refractivity contribution in [2.24, 2.45) is 0 Å². The summed E-state index contributed by atoms with van der Waals surface area (Å²) in [5.74, 6) is -0.777. The molecule has 88 valence electrons. The molecule has 1 aromatic carbocycles. The number of hydrogen-bond acceptors (Lipinski definition) is 2. The standard InChI is InChI=1S/C12H17FN2O/c1-3-4-8(2)15-12(16)10-7-9(13)5-6-11(10)14/h5-8H,3-4,14H2,1-2H3,(H,15,16). The molecule has 0 aliphatic heterocycles. The Bertz CT molecular complexity index is 379. The molecule has 0 saturated carbocycles. The van der Waals surface area contributed by atoms with Crippen molar-refractivity contribution in [3.63, 3.8) is 0 Å². The number of nitrogens with two attached hydrogens (primary N) is 1. The van der Waals surface area contributed by atoms with Crippen molar-refractivity contribution in [3.05, 3.63) is 29.6 Å². The van der Waals surface area contributed by atoms with Crippen molar-refractivity contribution in [2.45, 2.75) is 32.7 Å². The smallest absolute Gasteiger partial charge is 0.253 e. The van der Waals surface area contributed by atoms with Crippen LogP contribution in [0.15, 0.2) is 18.2 Å². The third-order valence-electron chi connectivity index (χ3n) is 2.36. The van der Waals surface area contributed by atoms with Gasteiger partial charge >= 0.3 is 0 Å². The Kier molecular flexibility index (Phi) is 4.28. The van der Waals surface area contributed by atoms with Crippen LogP contribution in [0, 0.1) is 5.82 Å². The van der Waals surface area contributed by atoms with Crippen molar-refractivity contribution < 1.29 is 9.18 Å². The molecule has 16 heavy (non-hydrogen) atoms. The number of benzene rings is 1. The lowest BCUT2D eigenvalue weighted by Gasteiger charge is -2.13. The summed E-state index contributed by atoms with van der Waals surface area (Å²) < 4.78 is 13.0. The zero-order valence-electron chi connectivity index (χ0n) is 9.59. The van der Waals surface area contributed by atoms with Gasteiger partial charge in [0.25, 0.3) is 5.91 Å². The zero-order valence-corrected chi connectivity index (χ0v) is 9.59. The highest BCUT2D eigenvalue weighted by Crippen LogP contribution is 2.13. The van der Waals surface area contributed by atoms with Gasteiger partial charge in [-0.05, 0) is 31.5 Å². The van der Waals surface area contributed by atoms with E-state index in [4.69, 9.17) is 5.73 Å². The second-order valence-corrected chi connectivity index (χ2v) is 3.89. The fourth-order valence-electron chi connectivity index (χ4n) is 1.53.